The maximum atomic E-state index is 12.1. The zero-order chi connectivity index (χ0) is 18.1. The zero-order valence-corrected chi connectivity index (χ0v) is 14.7. The molecule has 0 saturated carbocycles. The first kappa shape index (κ1) is 17.2. The smallest absolute Gasteiger partial charge is 0.248 e. The van der Waals surface area contributed by atoms with E-state index in [0.717, 1.165) is 11.3 Å². The number of hydrogen-bond acceptors (Lipinski definition) is 4. The van der Waals surface area contributed by atoms with E-state index in [4.69, 9.17) is 17.3 Å². The molecular formula is C18H19ClN4O2. The quantitative estimate of drug-likeness (QED) is 0.882. The van der Waals surface area contributed by atoms with Crippen LogP contribution in [0.15, 0.2) is 36.5 Å². The van der Waals surface area contributed by atoms with Crippen LogP contribution in [0.2, 0.25) is 5.02 Å². The van der Waals surface area contributed by atoms with E-state index in [1.165, 1.54) is 6.92 Å². The molecule has 0 unspecified atom stereocenters. The summed E-state index contributed by atoms with van der Waals surface area (Å²) in [6.45, 7) is 3.53. The van der Waals surface area contributed by atoms with Gasteiger partial charge in [-0.15, -0.1) is 0 Å². The van der Waals surface area contributed by atoms with Gasteiger partial charge in [-0.25, -0.2) is 4.98 Å². The fourth-order valence-corrected chi connectivity index (χ4v) is 3.39. The van der Waals surface area contributed by atoms with E-state index in [2.05, 4.69) is 10.3 Å². The molecule has 1 aromatic heterocycles. The van der Waals surface area contributed by atoms with Gasteiger partial charge in [0.25, 0.3) is 0 Å². The first-order valence-electron chi connectivity index (χ1n) is 7.98. The second-order valence-electron chi connectivity index (χ2n) is 6.17. The molecule has 7 heteroatoms. The van der Waals surface area contributed by atoms with Crippen molar-refractivity contribution in [3.05, 3.63) is 52.7 Å². The third kappa shape index (κ3) is 3.44. The summed E-state index contributed by atoms with van der Waals surface area (Å²) in [5, 5.41) is 3.92. The summed E-state index contributed by atoms with van der Waals surface area (Å²) in [6.07, 6.45) is 2.25. The predicted molar refractivity (Wildman–Crippen MR) is 97.8 cm³/mol. The van der Waals surface area contributed by atoms with Gasteiger partial charge in [0.1, 0.15) is 5.82 Å². The lowest BCUT2D eigenvalue weighted by molar-refractivity contribution is -0.117. The van der Waals surface area contributed by atoms with Crippen molar-refractivity contribution in [2.24, 2.45) is 5.73 Å². The number of amides is 2. The number of hydrogen-bond donors (Lipinski definition) is 2. The lowest BCUT2D eigenvalue weighted by Crippen LogP contribution is -2.43. The number of rotatable bonds is 3. The molecule has 2 aromatic rings. The van der Waals surface area contributed by atoms with E-state index in [-0.39, 0.29) is 18.0 Å². The van der Waals surface area contributed by atoms with Crippen LogP contribution in [-0.4, -0.2) is 22.8 Å². The van der Waals surface area contributed by atoms with Crippen LogP contribution >= 0.6 is 11.6 Å². The van der Waals surface area contributed by atoms with Crippen molar-refractivity contribution in [2.45, 2.75) is 32.4 Å². The van der Waals surface area contributed by atoms with Crippen LogP contribution in [0.1, 0.15) is 42.2 Å². The number of halogens is 1. The Bertz CT molecular complexity index is 822. The van der Waals surface area contributed by atoms with Crippen LogP contribution < -0.4 is 16.0 Å². The topological polar surface area (TPSA) is 88.3 Å². The van der Waals surface area contributed by atoms with Crippen molar-refractivity contribution < 1.29 is 9.59 Å². The highest BCUT2D eigenvalue weighted by Gasteiger charge is 2.33. The van der Waals surface area contributed by atoms with Gasteiger partial charge in [0.15, 0.2) is 0 Å². The number of anilines is 2. The number of pyridine rings is 1. The molecule has 2 atom stereocenters. The first-order valence-corrected chi connectivity index (χ1v) is 8.36. The van der Waals surface area contributed by atoms with Crippen molar-refractivity contribution in [3.8, 4) is 0 Å². The molecule has 3 N–H and O–H groups in total. The lowest BCUT2D eigenvalue weighted by Gasteiger charge is -2.39. The first-order chi connectivity index (χ1) is 11.9. The Labute approximate surface area is 151 Å². The van der Waals surface area contributed by atoms with Crippen molar-refractivity contribution in [1.82, 2.24) is 4.98 Å². The van der Waals surface area contributed by atoms with E-state index in [0.29, 0.717) is 22.8 Å². The van der Waals surface area contributed by atoms with Gasteiger partial charge in [-0.3, -0.25) is 9.59 Å². The molecular weight excluding hydrogens is 340 g/mol. The van der Waals surface area contributed by atoms with Crippen molar-refractivity contribution in [3.63, 3.8) is 0 Å². The van der Waals surface area contributed by atoms with E-state index in [1.807, 2.05) is 6.92 Å². The molecule has 25 heavy (non-hydrogen) atoms. The molecule has 3 rings (SSSR count). The summed E-state index contributed by atoms with van der Waals surface area (Å²) in [5.41, 5.74) is 7.46. The fraction of sp³-hybridized carbons (Fsp3) is 0.278. The number of nitrogens with two attached hydrogens (primary N) is 1. The van der Waals surface area contributed by atoms with Gasteiger partial charge in [0.05, 0.1) is 11.1 Å². The van der Waals surface area contributed by atoms with Gasteiger partial charge >= 0.3 is 0 Å². The average molecular weight is 359 g/mol. The number of fused-ring (bicyclic) bond motifs is 1. The van der Waals surface area contributed by atoms with Crippen LogP contribution in [0.3, 0.4) is 0 Å². The van der Waals surface area contributed by atoms with Crippen LogP contribution in [0, 0.1) is 0 Å². The Kier molecular flexibility index (Phi) is 4.63. The summed E-state index contributed by atoms with van der Waals surface area (Å²) in [5.74, 6) is 0.135. The van der Waals surface area contributed by atoms with Gasteiger partial charge in [0, 0.05) is 30.4 Å². The highest BCUT2D eigenvalue weighted by Crippen LogP contribution is 2.39. The van der Waals surface area contributed by atoms with E-state index >= 15 is 0 Å². The minimum atomic E-state index is -0.501. The van der Waals surface area contributed by atoms with Crippen LogP contribution in [0.25, 0.3) is 0 Å². The second-order valence-corrected chi connectivity index (χ2v) is 6.61. The molecule has 0 aliphatic carbocycles. The van der Waals surface area contributed by atoms with Gasteiger partial charge in [-0.1, -0.05) is 11.6 Å². The molecule has 0 fully saturated rings. The van der Waals surface area contributed by atoms with E-state index in [9.17, 15) is 9.59 Å². The predicted octanol–water partition coefficient (Wildman–Crippen LogP) is 3.13. The van der Waals surface area contributed by atoms with Crippen molar-refractivity contribution >= 4 is 34.9 Å². The summed E-state index contributed by atoms with van der Waals surface area (Å²) >= 11 is 5.88. The van der Waals surface area contributed by atoms with Crippen molar-refractivity contribution in [2.75, 3.05) is 10.2 Å². The van der Waals surface area contributed by atoms with Gasteiger partial charge in [0.2, 0.25) is 11.8 Å². The Morgan fingerprint density at radius 1 is 1.32 bits per heavy atom. The Morgan fingerprint density at radius 3 is 2.68 bits per heavy atom. The molecule has 2 amide bonds. The molecule has 1 aliphatic heterocycles. The van der Waals surface area contributed by atoms with Crippen LogP contribution in [-0.2, 0) is 4.79 Å². The summed E-state index contributed by atoms with van der Waals surface area (Å²) in [6, 6.07) is 8.62. The molecule has 0 spiro atoms. The third-order valence-corrected chi connectivity index (χ3v) is 4.58. The number of aromatic nitrogens is 1. The molecule has 130 valence electrons. The number of benzene rings is 1. The minimum absolute atomic E-state index is 0.00854. The fourth-order valence-electron chi connectivity index (χ4n) is 3.27. The molecule has 1 aliphatic rings. The normalized spacial score (nSPS) is 19.2. The van der Waals surface area contributed by atoms with Crippen molar-refractivity contribution in [1.29, 1.82) is 0 Å². The summed E-state index contributed by atoms with van der Waals surface area (Å²) < 4.78 is 0. The number of carbonyl (C=O) groups is 2. The maximum Gasteiger partial charge on any atom is 0.248 e. The Hall–Kier alpha value is -2.60. The second kappa shape index (κ2) is 6.72. The van der Waals surface area contributed by atoms with E-state index < -0.39 is 5.91 Å². The Morgan fingerprint density at radius 2 is 2.08 bits per heavy atom. The maximum absolute atomic E-state index is 12.1. The van der Waals surface area contributed by atoms with Crippen LogP contribution in [0.5, 0.6) is 0 Å². The van der Waals surface area contributed by atoms with E-state index in [1.54, 1.807) is 41.4 Å². The molecule has 0 radical (unpaired) electrons. The number of nitrogens with one attached hydrogen (secondary N) is 1. The minimum Gasteiger partial charge on any atom is -0.366 e. The highest BCUT2D eigenvalue weighted by molar-refractivity contribution is 6.30. The van der Waals surface area contributed by atoms with Gasteiger partial charge < -0.3 is 16.0 Å². The Balaban J connectivity index is 2.03. The zero-order valence-electron chi connectivity index (χ0n) is 14.0. The lowest BCUT2D eigenvalue weighted by atomic mass is 9.90. The summed E-state index contributed by atoms with van der Waals surface area (Å²) in [7, 11) is 0. The molecule has 2 heterocycles. The summed E-state index contributed by atoms with van der Waals surface area (Å²) in [4.78, 5) is 29.7. The standard InChI is InChI=1S/C18H19ClN4O2/c1-10-7-15(22-17-6-4-13(19)9-21-17)14-8-12(18(20)25)3-5-16(14)23(10)11(2)24/h3-6,8-10,15H,7H2,1-2H3,(H2,20,25)(H,21,22)/t10-,15+/m0/s1. The monoisotopic (exact) mass is 358 g/mol. The SMILES string of the molecule is CC(=O)N1c2ccc(C(N)=O)cc2[C@H](Nc2ccc(Cl)cn2)C[C@@H]1C. The highest BCUT2D eigenvalue weighted by atomic mass is 35.5. The number of primary amides is 1. The molecule has 1 aromatic carbocycles. The van der Waals surface area contributed by atoms with Crippen LogP contribution in [0.4, 0.5) is 11.5 Å². The number of nitrogens with zero attached hydrogens (tertiary/aromatic N) is 2. The molecule has 0 bridgehead atoms. The largest absolute Gasteiger partial charge is 0.366 e. The third-order valence-electron chi connectivity index (χ3n) is 4.35. The van der Waals surface area contributed by atoms with Gasteiger partial charge in [-0.2, -0.15) is 0 Å². The molecule has 6 nitrogen and oxygen atoms in total. The molecule has 0 saturated heterocycles. The number of carbonyl (C=O) groups excluding carboxylic acids is 2. The van der Waals surface area contributed by atoms with Gasteiger partial charge in [-0.05, 0) is 49.2 Å². The average Bonchev–Trinajstić information content (AvgIpc) is 2.56.